The third-order valence-corrected chi connectivity index (χ3v) is 3.78. The van der Waals surface area contributed by atoms with Crippen LogP contribution in [0.3, 0.4) is 0 Å². The van der Waals surface area contributed by atoms with Crippen molar-refractivity contribution in [1.29, 1.82) is 0 Å². The van der Waals surface area contributed by atoms with E-state index >= 15 is 0 Å². The Morgan fingerprint density at radius 3 is 3.00 bits per heavy atom. The van der Waals surface area contributed by atoms with Gasteiger partial charge in [0.15, 0.2) is 5.16 Å². The third-order valence-electron chi connectivity index (χ3n) is 2.65. The quantitative estimate of drug-likeness (QED) is 0.724. The summed E-state index contributed by atoms with van der Waals surface area (Å²) in [5, 5.41) is 10.4. The summed E-state index contributed by atoms with van der Waals surface area (Å²) in [6, 6.07) is 7.24. The van der Waals surface area contributed by atoms with E-state index < -0.39 is 11.2 Å². The summed E-state index contributed by atoms with van der Waals surface area (Å²) in [6.07, 6.45) is -0.0552. The fourth-order valence-corrected chi connectivity index (χ4v) is 2.91. The predicted molar refractivity (Wildman–Crippen MR) is 59.6 cm³/mol. The third kappa shape index (κ3) is 1.52. The van der Waals surface area contributed by atoms with E-state index in [4.69, 9.17) is 0 Å². The smallest absolute Gasteiger partial charge is 0.234 e. The van der Waals surface area contributed by atoms with Gasteiger partial charge in [-0.05, 0) is 12.1 Å². The fourth-order valence-electron chi connectivity index (χ4n) is 1.87. The number of imidazole rings is 1. The van der Waals surface area contributed by atoms with Crippen molar-refractivity contribution in [3.63, 3.8) is 0 Å². The fraction of sp³-hybridized carbons (Fsp3) is 0.182. The molecule has 0 unspecified atom stereocenters. The van der Waals surface area contributed by atoms with Gasteiger partial charge in [0.05, 0.1) is 22.3 Å². The number of carbonyl (C=O) groups is 2. The zero-order valence-electron chi connectivity index (χ0n) is 8.62. The molecule has 0 aliphatic carbocycles. The zero-order chi connectivity index (χ0) is 12.0. The molecule has 0 amide bonds. The Morgan fingerprint density at radius 2 is 2.24 bits per heavy atom. The molecule has 0 saturated carbocycles. The number of rotatable bonds is 1. The Kier molecular flexibility index (Phi) is 2.19. The number of para-hydroxylation sites is 2. The minimum absolute atomic E-state index is 0.0552. The van der Waals surface area contributed by atoms with Crippen molar-refractivity contribution < 1.29 is 14.7 Å². The second-order valence-electron chi connectivity index (χ2n) is 3.74. The average molecular weight is 247 g/mol. The van der Waals surface area contributed by atoms with Gasteiger partial charge in [-0.25, -0.2) is 4.98 Å². The van der Waals surface area contributed by atoms with Crippen molar-refractivity contribution in [3.05, 3.63) is 24.3 Å². The minimum atomic E-state index is -1.22. The van der Waals surface area contributed by atoms with Crippen LogP contribution in [-0.4, -0.2) is 26.7 Å². The summed E-state index contributed by atoms with van der Waals surface area (Å²) in [4.78, 5) is 26.9. The van der Waals surface area contributed by atoms with Crippen LogP contribution in [0.1, 0.15) is 11.2 Å². The lowest BCUT2D eigenvalue weighted by atomic mass is 10.2. The van der Waals surface area contributed by atoms with Gasteiger partial charge in [-0.3, -0.25) is 9.36 Å². The van der Waals surface area contributed by atoms with Gasteiger partial charge >= 0.3 is 0 Å². The molecule has 86 valence electrons. The lowest BCUT2D eigenvalue weighted by Gasteiger charge is -2.22. The van der Waals surface area contributed by atoms with Gasteiger partial charge in [0, 0.05) is 6.42 Å². The highest BCUT2D eigenvalue weighted by molar-refractivity contribution is 8.00. The van der Waals surface area contributed by atoms with E-state index in [-0.39, 0.29) is 12.3 Å². The molecule has 1 aromatic heterocycles. The second-order valence-corrected chi connectivity index (χ2v) is 4.91. The van der Waals surface area contributed by atoms with Gasteiger partial charge in [0.25, 0.3) is 0 Å². The van der Waals surface area contributed by atoms with Crippen molar-refractivity contribution in [3.8, 4) is 0 Å². The SMILES string of the molecule is O=C([O-])[C@H]1CC(=O)n2c(nc3ccccc32)S1. The van der Waals surface area contributed by atoms with Gasteiger partial charge in [-0.1, -0.05) is 23.9 Å². The number of hydrogen-bond acceptors (Lipinski definition) is 5. The maximum Gasteiger partial charge on any atom is 0.234 e. The Bertz CT molecular complexity index is 635. The maximum absolute atomic E-state index is 11.9. The van der Waals surface area contributed by atoms with Crippen molar-refractivity contribution in [2.45, 2.75) is 16.8 Å². The lowest BCUT2D eigenvalue weighted by molar-refractivity contribution is -0.304. The molecule has 0 bridgehead atoms. The molecule has 0 radical (unpaired) electrons. The van der Waals surface area contributed by atoms with E-state index in [9.17, 15) is 14.7 Å². The van der Waals surface area contributed by atoms with Crippen molar-refractivity contribution in [1.82, 2.24) is 9.55 Å². The lowest BCUT2D eigenvalue weighted by Crippen LogP contribution is -2.38. The van der Waals surface area contributed by atoms with Gasteiger partial charge in [0.2, 0.25) is 5.91 Å². The zero-order valence-corrected chi connectivity index (χ0v) is 9.44. The molecule has 17 heavy (non-hydrogen) atoms. The molecular weight excluding hydrogens is 240 g/mol. The molecule has 1 aliphatic rings. The number of aromatic nitrogens is 2. The number of carbonyl (C=O) groups excluding carboxylic acids is 2. The van der Waals surface area contributed by atoms with Gasteiger partial charge in [-0.2, -0.15) is 0 Å². The first-order valence-corrected chi connectivity index (χ1v) is 5.93. The molecule has 2 heterocycles. The highest BCUT2D eigenvalue weighted by atomic mass is 32.2. The number of aliphatic carboxylic acids is 1. The number of benzene rings is 1. The standard InChI is InChI=1S/C11H8N2O3S/c14-9-5-8(10(15)16)17-11-12-6-3-1-2-4-7(6)13(9)11/h1-4,8H,5H2,(H,15,16)/p-1/t8-/m1/s1. The molecule has 0 fully saturated rings. The summed E-state index contributed by atoms with van der Waals surface area (Å²) < 4.78 is 1.47. The van der Waals surface area contributed by atoms with Gasteiger partial charge in [0.1, 0.15) is 0 Å². The Balaban J connectivity index is 2.18. The highest BCUT2D eigenvalue weighted by Gasteiger charge is 2.29. The van der Waals surface area contributed by atoms with Crippen molar-refractivity contribution in [2.75, 3.05) is 0 Å². The highest BCUT2D eigenvalue weighted by Crippen LogP contribution is 2.33. The molecule has 3 rings (SSSR count). The molecule has 0 saturated heterocycles. The van der Waals surface area contributed by atoms with E-state index in [1.54, 1.807) is 12.1 Å². The Hall–Kier alpha value is -1.82. The van der Waals surface area contributed by atoms with Crippen LogP contribution in [0.4, 0.5) is 0 Å². The van der Waals surface area contributed by atoms with Crippen LogP contribution in [0.25, 0.3) is 11.0 Å². The summed E-state index contributed by atoms with van der Waals surface area (Å²) >= 11 is 1.06. The van der Waals surface area contributed by atoms with E-state index in [1.165, 1.54) is 4.57 Å². The number of thioether (sulfide) groups is 1. The first-order valence-electron chi connectivity index (χ1n) is 5.05. The monoisotopic (exact) mass is 247 g/mol. The number of hydrogen-bond donors (Lipinski definition) is 0. The summed E-state index contributed by atoms with van der Waals surface area (Å²) in [5.41, 5.74) is 1.42. The van der Waals surface area contributed by atoms with E-state index in [0.717, 1.165) is 17.3 Å². The van der Waals surface area contributed by atoms with Gasteiger partial charge in [-0.15, -0.1) is 0 Å². The van der Waals surface area contributed by atoms with E-state index in [2.05, 4.69) is 4.98 Å². The molecule has 2 aromatic rings. The molecule has 1 atom stereocenters. The first-order chi connectivity index (χ1) is 8.16. The normalized spacial score (nSPS) is 19.3. The van der Waals surface area contributed by atoms with Crippen molar-refractivity contribution >= 4 is 34.7 Å². The van der Waals surface area contributed by atoms with Crippen LogP contribution < -0.4 is 5.11 Å². The number of fused-ring (bicyclic) bond motifs is 3. The largest absolute Gasteiger partial charge is 0.549 e. The average Bonchev–Trinajstić information content (AvgIpc) is 2.67. The van der Waals surface area contributed by atoms with Crippen molar-refractivity contribution in [2.24, 2.45) is 0 Å². The van der Waals surface area contributed by atoms with E-state index in [1.807, 2.05) is 12.1 Å². The minimum Gasteiger partial charge on any atom is -0.549 e. The predicted octanol–water partition coefficient (Wildman–Crippen LogP) is 0.291. The van der Waals surface area contributed by atoms with Crippen LogP contribution in [0.15, 0.2) is 29.4 Å². The summed E-state index contributed by atoms with van der Waals surface area (Å²) in [7, 11) is 0. The Morgan fingerprint density at radius 1 is 1.47 bits per heavy atom. The number of carboxylic acids is 1. The summed E-state index contributed by atoms with van der Waals surface area (Å²) in [6.45, 7) is 0. The maximum atomic E-state index is 11.9. The van der Waals surface area contributed by atoms with Gasteiger partial charge < -0.3 is 9.90 Å². The second kappa shape index (κ2) is 3.59. The molecular formula is C11H7N2O3S-. The molecule has 0 N–H and O–H groups in total. The Labute approximate surface area is 100 Å². The molecule has 1 aromatic carbocycles. The van der Waals surface area contributed by atoms with Crippen LogP contribution in [0.5, 0.6) is 0 Å². The molecule has 1 aliphatic heterocycles. The molecule has 5 nitrogen and oxygen atoms in total. The van der Waals surface area contributed by atoms with Crippen LogP contribution in [-0.2, 0) is 4.79 Å². The number of carboxylic acid groups (broad SMARTS) is 1. The van der Waals surface area contributed by atoms with Crippen LogP contribution in [0.2, 0.25) is 0 Å². The first kappa shape index (κ1) is 10.3. The van der Waals surface area contributed by atoms with Crippen LogP contribution >= 0.6 is 11.8 Å². The number of nitrogens with zero attached hydrogens (tertiary/aromatic N) is 2. The van der Waals surface area contributed by atoms with E-state index in [0.29, 0.717) is 10.7 Å². The molecule has 6 heteroatoms. The van der Waals surface area contributed by atoms with Crippen LogP contribution in [0, 0.1) is 0 Å². The summed E-state index contributed by atoms with van der Waals surface area (Å²) in [5.74, 6) is -1.47. The molecule has 0 spiro atoms. The topological polar surface area (TPSA) is 75.0 Å².